The smallest absolute Gasteiger partial charge is 0.398 e. The highest BCUT2D eigenvalue weighted by molar-refractivity contribution is 6.55. The monoisotopic (exact) mass is 344 g/mol. The van der Waals surface area contributed by atoms with Gasteiger partial charge in [-0.15, -0.1) is 0 Å². The largest absolute Gasteiger partial charge is 0.525 e. The summed E-state index contributed by atoms with van der Waals surface area (Å²) in [5, 5.41) is 0. The van der Waals surface area contributed by atoms with Crippen molar-refractivity contribution in [3.8, 4) is 0 Å². The van der Waals surface area contributed by atoms with E-state index in [-0.39, 0.29) is 5.73 Å². The lowest BCUT2D eigenvalue weighted by molar-refractivity contribution is 0.00578. The molecule has 0 amide bonds. The Morgan fingerprint density at radius 2 is 1.48 bits per heavy atom. The fraction of sp³-hybridized carbons (Fsp3) is 0.619. The zero-order valence-electron chi connectivity index (χ0n) is 16.2. The van der Waals surface area contributed by atoms with Crippen molar-refractivity contribution in [3.05, 3.63) is 41.1 Å². The summed E-state index contributed by atoms with van der Waals surface area (Å²) in [6.07, 6.45) is 6.55. The minimum absolute atomic E-state index is 0.330. The molecule has 2 aliphatic rings. The van der Waals surface area contributed by atoms with Crippen molar-refractivity contribution in [2.24, 2.45) is 0 Å². The molecular formula is C21H30BFO2. The number of halogens is 1. The van der Waals surface area contributed by atoms with Gasteiger partial charge in [0.05, 0.1) is 11.2 Å². The normalized spacial score (nSPS) is 24.3. The molecule has 1 aromatic carbocycles. The zero-order valence-corrected chi connectivity index (χ0v) is 16.2. The van der Waals surface area contributed by atoms with Gasteiger partial charge >= 0.3 is 7.12 Å². The van der Waals surface area contributed by atoms with Gasteiger partial charge in [0.15, 0.2) is 0 Å². The Balaban J connectivity index is 1.77. The standard InChI is InChI=1S/C21H30BFO2/c1-15(19(23)22-24-20(2,3)21(4,5)25-22)16-11-13-18(14-12-16)17-9-7-6-8-10-17/h11-14,17H,6-10H2,1-5H3. The summed E-state index contributed by atoms with van der Waals surface area (Å²) < 4.78 is 26.6. The molecule has 0 bridgehead atoms. The topological polar surface area (TPSA) is 18.5 Å². The molecule has 25 heavy (non-hydrogen) atoms. The van der Waals surface area contributed by atoms with Gasteiger partial charge in [0.25, 0.3) is 0 Å². The van der Waals surface area contributed by atoms with E-state index in [0.717, 1.165) is 5.56 Å². The summed E-state index contributed by atoms with van der Waals surface area (Å²) in [7, 11) is -0.928. The molecule has 0 unspecified atom stereocenters. The molecule has 1 aromatic rings. The molecule has 0 aromatic heterocycles. The fourth-order valence-electron chi connectivity index (χ4n) is 3.70. The molecule has 2 fully saturated rings. The Bertz CT molecular complexity index is 626. The summed E-state index contributed by atoms with van der Waals surface area (Å²) in [6, 6.07) is 8.38. The van der Waals surface area contributed by atoms with Gasteiger partial charge in [-0.2, -0.15) is 0 Å². The maximum absolute atomic E-state index is 15.0. The molecule has 1 aliphatic heterocycles. The maximum Gasteiger partial charge on any atom is 0.525 e. The van der Waals surface area contributed by atoms with Gasteiger partial charge in [-0.3, -0.25) is 0 Å². The number of benzene rings is 1. The van der Waals surface area contributed by atoms with Crippen molar-refractivity contribution in [2.45, 2.75) is 83.8 Å². The third-order valence-corrected chi connectivity index (χ3v) is 6.24. The van der Waals surface area contributed by atoms with E-state index in [0.29, 0.717) is 11.5 Å². The average Bonchev–Trinajstić information content (AvgIpc) is 2.82. The minimum atomic E-state index is -0.928. The molecule has 4 heteroatoms. The van der Waals surface area contributed by atoms with Gasteiger partial charge in [0, 0.05) is 0 Å². The van der Waals surface area contributed by atoms with E-state index in [1.54, 1.807) is 6.92 Å². The molecule has 136 valence electrons. The highest BCUT2D eigenvalue weighted by Crippen LogP contribution is 2.40. The van der Waals surface area contributed by atoms with Crippen LogP contribution in [0.3, 0.4) is 0 Å². The quantitative estimate of drug-likeness (QED) is 0.620. The van der Waals surface area contributed by atoms with Crippen LogP contribution in [-0.2, 0) is 9.31 Å². The van der Waals surface area contributed by atoms with E-state index in [2.05, 4.69) is 12.1 Å². The highest BCUT2D eigenvalue weighted by Gasteiger charge is 2.53. The number of hydrogen-bond acceptors (Lipinski definition) is 2. The van der Waals surface area contributed by atoms with Crippen molar-refractivity contribution < 1.29 is 13.7 Å². The predicted molar refractivity (Wildman–Crippen MR) is 102 cm³/mol. The van der Waals surface area contributed by atoms with Crippen molar-refractivity contribution in [3.63, 3.8) is 0 Å². The SMILES string of the molecule is CC(=C(F)B1OC(C)(C)C(C)(C)O1)c1ccc(C2CCCCC2)cc1. The molecule has 0 N–H and O–H groups in total. The number of allylic oxidation sites excluding steroid dienone is 1. The van der Waals surface area contributed by atoms with E-state index >= 15 is 0 Å². The molecule has 0 atom stereocenters. The second kappa shape index (κ2) is 6.88. The van der Waals surface area contributed by atoms with E-state index in [9.17, 15) is 4.39 Å². The first-order valence-corrected chi connectivity index (χ1v) is 9.53. The van der Waals surface area contributed by atoms with Crippen LogP contribution >= 0.6 is 0 Å². The van der Waals surface area contributed by atoms with Gasteiger partial charge in [0.2, 0.25) is 0 Å². The zero-order chi connectivity index (χ0) is 18.2. The molecule has 3 rings (SSSR count). The third kappa shape index (κ3) is 3.70. The van der Waals surface area contributed by atoms with E-state index < -0.39 is 18.3 Å². The first-order valence-electron chi connectivity index (χ1n) is 9.53. The number of rotatable bonds is 3. The lowest BCUT2D eigenvalue weighted by Crippen LogP contribution is -2.41. The van der Waals surface area contributed by atoms with Crippen LogP contribution in [0.5, 0.6) is 0 Å². The van der Waals surface area contributed by atoms with Crippen LogP contribution in [0.1, 0.15) is 83.8 Å². The van der Waals surface area contributed by atoms with Crippen molar-refractivity contribution in [1.82, 2.24) is 0 Å². The first-order chi connectivity index (χ1) is 11.7. The Morgan fingerprint density at radius 3 is 2.00 bits per heavy atom. The lowest BCUT2D eigenvalue weighted by Gasteiger charge is -2.32. The van der Waals surface area contributed by atoms with Crippen LogP contribution in [0.4, 0.5) is 4.39 Å². The predicted octanol–water partition coefficient (Wildman–Crippen LogP) is 6.07. The molecule has 1 heterocycles. The van der Waals surface area contributed by atoms with Crippen molar-refractivity contribution >= 4 is 12.7 Å². The highest BCUT2D eigenvalue weighted by atomic mass is 19.1. The third-order valence-electron chi connectivity index (χ3n) is 6.24. The van der Waals surface area contributed by atoms with Gasteiger partial charge in [0.1, 0.15) is 5.73 Å². The first kappa shape index (κ1) is 18.7. The summed E-state index contributed by atoms with van der Waals surface area (Å²) in [4.78, 5) is 0. The molecule has 1 saturated heterocycles. The van der Waals surface area contributed by atoms with Gasteiger partial charge in [-0.1, -0.05) is 43.5 Å². The maximum atomic E-state index is 15.0. The van der Waals surface area contributed by atoms with Crippen LogP contribution in [0.25, 0.3) is 5.57 Å². The lowest BCUT2D eigenvalue weighted by atomic mass is 9.81. The van der Waals surface area contributed by atoms with E-state index in [1.807, 2.05) is 39.8 Å². The Labute approximate surface area is 151 Å². The molecule has 2 nitrogen and oxygen atoms in total. The van der Waals surface area contributed by atoms with Gasteiger partial charge in [-0.25, -0.2) is 4.39 Å². The van der Waals surface area contributed by atoms with E-state index in [4.69, 9.17) is 9.31 Å². The summed E-state index contributed by atoms with van der Waals surface area (Å²) in [5.41, 5.74) is 1.48. The molecule has 1 aliphatic carbocycles. The van der Waals surface area contributed by atoms with Crippen molar-refractivity contribution in [1.29, 1.82) is 0 Å². The molecular weight excluding hydrogens is 314 g/mol. The summed E-state index contributed by atoms with van der Waals surface area (Å²) >= 11 is 0. The second-order valence-corrected chi connectivity index (χ2v) is 8.52. The fourth-order valence-corrected chi connectivity index (χ4v) is 3.70. The number of hydrogen-bond donors (Lipinski definition) is 0. The van der Waals surface area contributed by atoms with Crippen molar-refractivity contribution in [2.75, 3.05) is 0 Å². The van der Waals surface area contributed by atoms with Gasteiger partial charge in [-0.05, 0) is 70.1 Å². The summed E-state index contributed by atoms with van der Waals surface area (Å²) in [6.45, 7) is 9.56. The minimum Gasteiger partial charge on any atom is -0.398 e. The Kier molecular flexibility index (Phi) is 5.14. The molecule has 0 spiro atoms. The van der Waals surface area contributed by atoms with Crippen LogP contribution in [0, 0.1) is 0 Å². The second-order valence-electron chi connectivity index (χ2n) is 8.52. The Morgan fingerprint density at radius 1 is 0.960 bits per heavy atom. The summed E-state index contributed by atoms with van der Waals surface area (Å²) in [5.74, 6) is 0.667. The van der Waals surface area contributed by atoms with Crippen LogP contribution in [0.2, 0.25) is 0 Å². The molecule has 1 saturated carbocycles. The van der Waals surface area contributed by atoms with Crippen LogP contribution in [0.15, 0.2) is 30.0 Å². The average molecular weight is 344 g/mol. The van der Waals surface area contributed by atoms with Crippen LogP contribution in [-0.4, -0.2) is 18.3 Å². The van der Waals surface area contributed by atoms with Gasteiger partial charge < -0.3 is 9.31 Å². The van der Waals surface area contributed by atoms with E-state index in [1.165, 1.54) is 37.7 Å². The Hall–Kier alpha value is -1.13. The van der Waals surface area contributed by atoms with Crippen LogP contribution < -0.4 is 0 Å². The molecule has 0 radical (unpaired) electrons.